The molecule has 0 fully saturated rings. The summed E-state index contributed by atoms with van der Waals surface area (Å²) in [7, 11) is 0. The van der Waals surface area contributed by atoms with Crippen molar-refractivity contribution in [2.24, 2.45) is 0 Å². The van der Waals surface area contributed by atoms with Crippen LogP contribution in [-0.4, -0.2) is 11.4 Å². The Balaban J connectivity index is 3.06. The molecule has 0 heterocycles. The van der Waals surface area contributed by atoms with Gasteiger partial charge in [0.1, 0.15) is 0 Å². The molecule has 0 amide bonds. The first kappa shape index (κ1) is 9.11. The Labute approximate surface area is 75.8 Å². The van der Waals surface area contributed by atoms with Gasteiger partial charge in [-0.05, 0) is 12.3 Å². The van der Waals surface area contributed by atoms with Crippen LogP contribution >= 0.6 is 11.8 Å². The molecule has 1 aromatic carbocycles. The quantitative estimate of drug-likeness (QED) is 0.557. The number of aliphatic hydroxyl groups excluding tert-OH is 1. The normalized spacial score (nSPS) is 12.1. The molecule has 1 unspecified atom stereocenters. The summed E-state index contributed by atoms with van der Waals surface area (Å²) in [5.41, 5.74) is 0.688. The summed E-state index contributed by atoms with van der Waals surface area (Å²) in [6.45, 7) is 0. The van der Waals surface area contributed by atoms with Crippen LogP contribution in [0.25, 0.3) is 0 Å². The third-order valence-corrected chi connectivity index (χ3v) is 2.37. The Morgan fingerprint density at radius 3 is 2.75 bits per heavy atom. The molecule has 1 aromatic rings. The van der Waals surface area contributed by atoms with Crippen molar-refractivity contribution in [3.8, 4) is 6.07 Å². The van der Waals surface area contributed by atoms with Crippen molar-refractivity contribution in [1.29, 1.82) is 5.26 Å². The number of nitriles is 1. The molecular weight excluding hydrogens is 170 g/mol. The number of hydrogen-bond acceptors (Lipinski definition) is 3. The molecular formula is C9H9NOS. The standard InChI is InChI=1S/C9H9NOS/c1-12-9-5-3-2-4-7(9)8(11)6-10/h2-5,8,11H,1H3. The van der Waals surface area contributed by atoms with E-state index in [2.05, 4.69) is 0 Å². The van der Waals surface area contributed by atoms with Gasteiger partial charge in [-0.1, -0.05) is 18.2 Å². The molecule has 12 heavy (non-hydrogen) atoms. The van der Waals surface area contributed by atoms with E-state index in [1.165, 1.54) is 11.8 Å². The maximum atomic E-state index is 9.27. The van der Waals surface area contributed by atoms with E-state index in [1.807, 2.05) is 24.5 Å². The molecule has 0 saturated carbocycles. The molecule has 0 aromatic heterocycles. The van der Waals surface area contributed by atoms with E-state index in [4.69, 9.17) is 5.26 Å². The predicted octanol–water partition coefficient (Wildman–Crippen LogP) is 1.97. The van der Waals surface area contributed by atoms with Crippen molar-refractivity contribution in [2.45, 2.75) is 11.0 Å². The van der Waals surface area contributed by atoms with Gasteiger partial charge in [-0.25, -0.2) is 0 Å². The largest absolute Gasteiger partial charge is 0.374 e. The van der Waals surface area contributed by atoms with Crippen LogP contribution in [0.1, 0.15) is 11.7 Å². The van der Waals surface area contributed by atoms with E-state index >= 15 is 0 Å². The molecule has 62 valence electrons. The van der Waals surface area contributed by atoms with Gasteiger partial charge in [0.05, 0.1) is 6.07 Å². The van der Waals surface area contributed by atoms with Crippen LogP contribution in [0.4, 0.5) is 0 Å². The molecule has 3 heteroatoms. The third kappa shape index (κ3) is 1.79. The minimum atomic E-state index is -1.01. The summed E-state index contributed by atoms with van der Waals surface area (Å²) < 4.78 is 0. The number of thioether (sulfide) groups is 1. The number of rotatable bonds is 2. The highest BCUT2D eigenvalue weighted by atomic mass is 32.2. The van der Waals surface area contributed by atoms with Crippen molar-refractivity contribution in [1.82, 2.24) is 0 Å². The second-order valence-corrected chi connectivity index (χ2v) is 3.12. The Kier molecular flexibility index (Phi) is 3.15. The van der Waals surface area contributed by atoms with Crippen molar-refractivity contribution >= 4 is 11.8 Å². The lowest BCUT2D eigenvalue weighted by Crippen LogP contribution is -1.94. The SMILES string of the molecule is CSc1ccccc1C(O)C#N. The van der Waals surface area contributed by atoms with Crippen LogP contribution in [0.3, 0.4) is 0 Å². The van der Waals surface area contributed by atoms with Gasteiger partial charge >= 0.3 is 0 Å². The van der Waals surface area contributed by atoms with Gasteiger partial charge in [-0.3, -0.25) is 0 Å². The van der Waals surface area contributed by atoms with E-state index in [0.717, 1.165) is 4.90 Å². The fourth-order valence-electron chi connectivity index (χ4n) is 0.962. The first-order valence-electron chi connectivity index (χ1n) is 3.50. The average molecular weight is 179 g/mol. The summed E-state index contributed by atoms with van der Waals surface area (Å²) in [5.74, 6) is 0. The Hall–Kier alpha value is -0.980. The lowest BCUT2D eigenvalue weighted by Gasteiger charge is -2.06. The molecule has 1 atom stereocenters. The minimum absolute atomic E-state index is 0.688. The summed E-state index contributed by atoms with van der Waals surface area (Å²) in [6, 6.07) is 9.15. The number of hydrogen-bond donors (Lipinski definition) is 1. The molecule has 0 bridgehead atoms. The van der Waals surface area contributed by atoms with Crippen LogP contribution in [0.5, 0.6) is 0 Å². The Morgan fingerprint density at radius 1 is 1.50 bits per heavy atom. The van der Waals surface area contributed by atoms with Crippen molar-refractivity contribution in [2.75, 3.05) is 6.26 Å². The van der Waals surface area contributed by atoms with Gasteiger partial charge in [0.15, 0.2) is 6.10 Å². The molecule has 0 radical (unpaired) electrons. The van der Waals surface area contributed by atoms with Crippen LogP contribution < -0.4 is 0 Å². The molecule has 0 aliphatic heterocycles. The average Bonchev–Trinajstić information content (AvgIpc) is 2.16. The van der Waals surface area contributed by atoms with Gasteiger partial charge in [0, 0.05) is 10.5 Å². The second-order valence-electron chi connectivity index (χ2n) is 2.27. The summed E-state index contributed by atoms with van der Waals surface area (Å²) >= 11 is 1.53. The minimum Gasteiger partial charge on any atom is -0.374 e. The van der Waals surface area contributed by atoms with Gasteiger partial charge < -0.3 is 5.11 Å². The maximum Gasteiger partial charge on any atom is 0.166 e. The second kappa shape index (κ2) is 4.15. The molecule has 2 nitrogen and oxygen atoms in total. The Bertz CT molecular complexity index is 306. The predicted molar refractivity (Wildman–Crippen MR) is 48.8 cm³/mol. The first-order chi connectivity index (χ1) is 5.79. The van der Waals surface area contributed by atoms with E-state index in [-0.39, 0.29) is 0 Å². The topological polar surface area (TPSA) is 44.0 Å². The van der Waals surface area contributed by atoms with Crippen LogP contribution in [-0.2, 0) is 0 Å². The zero-order chi connectivity index (χ0) is 8.97. The smallest absolute Gasteiger partial charge is 0.166 e. The molecule has 0 aliphatic carbocycles. The highest BCUT2D eigenvalue weighted by Crippen LogP contribution is 2.24. The number of aliphatic hydroxyl groups is 1. The van der Waals surface area contributed by atoms with Crippen LogP contribution in [0.15, 0.2) is 29.2 Å². The monoisotopic (exact) mass is 179 g/mol. The lowest BCUT2D eigenvalue weighted by molar-refractivity contribution is 0.233. The van der Waals surface area contributed by atoms with E-state index in [9.17, 15) is 5.11 Å². The highest BCUT2D eigenvalue weighted by Gasteiger charge is 2.08. The summed E-state index contributed by atoms with van der Waals surface area (Å²) in [4.78, 5) is 0.951. The summed E-state index contributed by atoms with van der Waals surface area (Å²) in [5, 5.41) is 17.8. The maximum absolute atomic E-state index is 9.27. The lowest BCUT2D eigenvalue weighted by atomic mass is 10.1. The first-order valence-corrected chi connectivity index (χ1v) is 4.72. The van der Waals surface area contributed by atoms with Gasteiger partial charge in [0.25, 0.3) is 0 Å². The van der Waals surface area contributed by atoms with Crippen molar-refractivity contribution < 1.29 is 5.11 Å². The van der Waals surface area contributed by atoms with Crippen LogP contribution in [0.2, 0.25) is 0 Å². The molecule has 0 saturated heterocycles. The van der Waals surface area contributed by atoms with Crippen LogP contribution in [0, 0.1) is 11.3 Å². The number of benzene rings is 1. The fourth-order valence-corrected chi connectivity index (χ4v) is 1.59. The summed E-state index contributed by atoms with van der Waals surface area (Å²) in [6.07, 6.45) is 0.914. The molecule has 0 spiro atoms. The van der Waals surface area contributed by atoms with Crippen molar-refractivity contribution in [3.05, 3.63) is 29.8 Å². The fraction of sp³-hybridized carbons (Fsp3) is 0.222. The Morgan fingerprint density at radius 2 is 2.17 bits per heavy atom. The van der Waals surface area contributed by atoms with Gasteiger partial charge in [0.2, 0.25) is 0 Å². The molecule has 1 rings (SSSR count). The highest BCUT2D eigenvalue weighted by molar-refractivity contribution is 7.98. The molecule has 0 aliphatic rings. The molecule has 1 N–H and O–H groups in total. The van der Waals surface area contributed by atoms with Gasteiger partial charge in [-0.15, -0.1) is 11.8 Å². The van der Waals surface area contributed by atoms with E-state index in [1.54, 1.807) is 12.1 Å². The van der Waals surface area contributed by atoms with Crippen molar-refractivity contribution in [3.63, 3.8) is 0 Å². The third-order valence-electron chi connectivity index (χ3n) is 1.56. The zero-order valence-electron chi connectivity index (χ0n) is 6.69. The number of nitrogens with zero attached hydrogens (tertiary/aromatic N) is 1. The van der Waals surface area contributed by atoms with E-state index in [0.29, 0.717) is 5.56 Å². The van der Waals surface area contributed by atoms with Gasteiger partial charge in [-0.2, -0.15) is 5.26 Å². The van der Waals surface area contributed by atoms with E-state index < -0.39 is 6.10 Å². The zero-order valence-corrected chi connectivity index (χ0v) is 7.51.